The molecule has 0 saturated carbocycles. The van der Waals surface area contributed by atoms with Gasteiger partial charge in [0.05, 0.1) is 5.92 Å². The largest absolute Gasteiger partial charge is 0.399 e. The number of para-hydroxylation sites is 1. The van der Waals surface area contributed by atoms with E-state index < -0.39 is 5.92 Å². The average Bonchev–Trinajstić information content (AvgIpc) is 2.47. The van der Waals surface area contributed by atoms with Gasteiger partial charge in [0.15, 0.2) is 5.78 Å². The van der Waals surface area contributed by atoms with Crippen LogP contribution in [0.5, 0.6) is 0 Å². The molecule has 20 heavy (non-hydrogen) atoms. The summed E-state index contributed by atoms with van der Waals surface area (Å²) in [5.74, 6) is -1.30. The Labute approximate surface area is 117 Å². The molecule has 0 aliphatic rings. The lowest BCUT2D eigenvalue weighted by Gasteiger charge is -2.11. The van der Waals surface area contributed by atoms with Gasteiger partial charge in [0.25, 0.3) is 0 Å². The van der Waals surface area contributed by atoms with Crippen LogP contribution in [0, 0.1) is 5.92 Å². The maximum Gasteiger partial charge on any atom is 0.235 e. The molecule has 3 N–H and O–H groups in total. The molecule has 1 atom stereocenters. The fraction of sp³-hybridized carbons (Fsp3) is 0.125. The quantitative estimate of drug-likeness (QED) is 0.509. The van der Waals surface area contributed by atoms with Crippen LogP contribution in [0.2, 0.25) is 0 Å². The molecule has 0 bridgehead atoms. The third-order valence-corrected chi connectivity index (χ3v) is 3.02. The monoisotopic (exact) mass is 268 g/mol. The minimum absolute atomic E-state index is 0.224. The van der Waals surface area contributed by atoms with Gasteiger partial charge in [0, 0.05) is 16.9 Å². The molecule has 102 valence electrons. The molecule has 1 amide bonds. The van der Waals surface area contributed by atoms with E-state index >= 15 is 0 Å². The highest BCUT2D eigenvalue weighted by Crippen LogP contribution is 2.14. The molecule has 0 spiro atoms. The SMILES string of the molecule is CC(C(=O)Nc1ccccc1)C(=O)c1ccc(N)cc1. The smallest absolute Gasteiger partial charge is 0.235 e. The average molecular weight is 268 g/mol. The molecule has 0 heterocycles. The standard InChI is InChI=1S/C16H16N2O2/c1-11(15(19)12-7-9-13(17)10-8-12)16(20)18-14-5-3-2-4-6-14/h2-11H,17H2,1H3,(H,18,20). The van der Waals surface area contributed by atoms with Crippen LogP contribution < -0.4 is 11.1 Å². The molecule has 4 nitrogen and oxygen atoms in total. The highest BCUT2D eigenvalue weighted by atomic mass is 16.2. The number of benzene rings is 2. The molecule has 0 aliphatic carbocycles. The van der Waals surface area contributed by atoms with E-state index in [1.807, 2.05) is 18.2 Å². The topological polar surface area (TPSA) is 72.2 Å². The van der Waals surface area contributed by atoms with E-state index in [9.17, 15) is 9.59 Å². The van der Waals surface area contributed by atoms with Crippen molar-refractivity contribution in [1.29, 1.82) is 0 Å². The fourth-order valence-electron chi connectivity index (χ4n) is 1.79. The van der Waals surface area contributed by atoms with Crippen molar-refractivity contribution in [2.24, 2.45) is 5.92 Å². The van der Waals surface area contributed by atoms with Crippen molar-refractivity contribution in [3.05, 3.63) is 60.2 Å². The molecule has 4 heteroatoms. The number of nitrogens with two attached hydrogens (primary N) is 1. The Balaban J connectivity index is 2.06. The van der Waals surface area contributed by atoms with E-state index in [4.69, 9.17) is 5.73 Å². The van der Waals surface area contributed by atoms with Gasteiger partial charge in [-0.05, 0) is 43.3 Å². The molecular weight excluding hydrogens is 252 g/mol. The van der Waals surface area contributed by atoms with Crippen molar-refractivity contribution in [3.8, 4) is 0 Å². The van der Waals surface area contributed by atoms with Gasteiger partial charge in [-0.3, -0.25) is 9.59 Å². The molecule has 0 aromatic heterocycles. The third-order valence-electron chi connectivity index (χ3n) is 3.02. The molecule has 0 radical (unpaired) electrons. The molecular formula is C16H16N2O2. The van der Waals surface area contributed by atoms with Gasteiger partial charge in [-0.2, -0.15) is 0 Å². The Morgan fingerprint density at radius 2 is 1.60 bits per heavy atom. The summed E-state index contributed by atoms with van der Waals surface area (Å²) in [5.41, 5.74) is 7.32. The van der Waals surface area contributed by atoms with Gasteiger partial charge in [-0.25, -0.2) is 0 Å². The first-order valence-corrected chi connectivity index (χ1v) is 6.33. The van der Waals surface area contributed by atoms with Crippen molar-refractivity contribution < 1.29 is 9.59 Å². The number of anilines is 2. The normalized spacial score (nSPS) is 11.7. The van der Waals surface area contributed by atoms with E-state index in [0.717, 1.165) is 0 Å². The van der Waals surface area contributed by atoms with Crippen LogP contribution in [0.25, 0.3) is 0 Å². The number of Topliss-reactive ketones (excluding diaryl/α,β-unsaturated/α-hetero) is 1. The van der Waals surface area contributed by atoms with Crippen LogP contribution in [0.3, 0.4) is 0 Å². The number of hydrogen-bond acceptors (Lipinski definition) is 3. The molecule has 0 fully saturated rings. The third kappa shape index (κ3) is 3.23. The fourth-order valence-corrected chi connectivity index (χ4v) is 1.79. The number of hydrogen-bond donors (Lipinski definition) is 2. The molecule has 0 saturated heterocycles. The number of amides is 1. The highest BCUT2D eigenvalue weighted by Gasteiger charge is 2.22. The lowest BCUT2D eigenvalue weighted by Crippen LogP contribution is -2.27. The first-order chi connectivity index (χ1) is 9.58. The zero-order chi connectivity index (χ0) is 14.5. The maximum absolute atomic E-state index is 12.2. The summed E-state index contributed by atoms with van der Waals surface area (Å²) >= 11 is 0. The van der Waals surface area contributed by atoms with E-state index in [1.165, 1.54) is 0 Å². The van der Waals surface area contributed by atoms with Crippen LogP contribution >= 0.6 is 0 Å². The Kier molecular flexibility index (Phi) is 4.15. The number of nitrogens with one attached hydrogen (secondary N) is 1. The van der Waals surface area contributed by atoms with E-state index in [-0.39, 0.29) is 11.7 Å². The Morgan fingerprint density at radius 3 is 2.20 bits per heavy atom. The van der Waals surface area contributed by atoms with Crippen LogP contribution in [-0.2, 0) is 4.79 Å². The van der Waals surface area contributed by atoms with Crippen molar-refractivity contribution in [1.82, 2.24) is 0 Å². The zero-order valence-corrected chi connectivity index (χ0v) is 11.2. The Hall–Kier alpha value is -2.62. The number of nitrogen functional groups attached to an aromatic ring is 1. The van der Waals surface area contributed by atoms with Gasteiger partial charge >= 0.3 is 0 Å². The number of carbonyl (C=O) groups excluding carboxylic acids is 2. The number of carbonyl (C=O) groups is 2. The lowest BCUT2D eigenvalue weighted by molar-refractivity contribution is -0.118. The first kappa shape index (κ1) is 13.8. The zero-order valence-electron chi connectivity index (χ0n) is 11.2. The second-order valence-corrected chi connectivity index (χ2v) is 4.56. The van der Waals surface area contributed by atoms with Gasteiger partial charge in [0.1, 0.15) is 0 Å². The minimum Gasteiger partial charge on any atom is -0.399 e. The van der Waals surface area contributed by atoms with Crippen LogP contribution in [0.4, 0.5) is 11.4 Å². The predicted molar refractivity (Wildman–Crippen MR) is 79.4 cm³/mol. The molecule has 2 rings (SSSR count). The summed E-state index contributed by atoms with van der Waals surface area (Å²) in [6.45, 7) is 1.59. The minimum atomic E-state index is -0.751. The molecule has 2 aromatic carbocycles. The van der Waals surface area contributed by atoms with Crippen molar-refractivity contribution >= 4 is 23.1 Å². The summed E-state index contributed by atoms with van der Waals surface area (Å²) in [5, 5.41) is 2.72. The van der Waals surface area contributed by atoms with Crippen molar-refractivity contribution in [2.75, 3.05) is 11.1 Å². The predicted octanol–water partition coefficient (Wildman–Crippen LogP) is 2.73. The second kappa shape index (κ2) is 6.02. The van der Waals surface area contributed by atoms with Crippen LogP contribution in [0.15, 0.2) is 54.6 Å². The summed E-state index contributed by atoms with van der Waals surface area (Å²) in [7, 11) is 0. The summed E-state index contributed by atoms with van der Waals surface area (Å²) in [6, 6.07) is 15.6. The number of ketones is 1. The Morgan fingerprint density at radius 1 is 1.00 bits per heavy atom. The summed E-state index contributed by atoms with van der Waals surface area (Å²) < 4.78 is 0. The van der Waals surface area contributed by atoms with Crippen LogP contribution in [0.1, 0.15) is 17.3 Å². The maximum atomic E-state index is 12.2. The van der Waals surface area contributed by atoms with Gasteiger partial charge in [0.2, 0.25) is 5.91 Å². The van der Waals surface area contributed by atoms with E-state index in [0.29, 0.717) is 16.9 Å². The van der Waals surface area contributed by atoms with Crippen molar-refractivity contribution in [2.45, 2.75) is 6.92 Å². The first-order valence-electron chi connectivity index (χ1n) is 6.33. The molecule has 1 unspecified atom stereocenters. The Bertz CT molecular complexity index is 606. The van der Waals surface area contributed by atoms with E-state index in [2.05, 4.69) is 5.32 Å². The van der Waals surface area contributed by atoms with Gasteiger partial charge < -0.3 is 11.1 Å². The highest BCUT2D eigenvalue weighted by molar-refractivity contribution is 6.13. The van der Waals surface area contributed by atoms with Gasteiger partial charge in [-0.1, -0.05) is 18.2 Å². The van der Waals surface area contributed by atoms with Crippen LogP contribution in [-0.4, -0.2) is 11.7 Å². The molecule has 0 aliphatic heterocycles. The van der Waals surface area contributed by atoms with E-state index in [1.54, 1.807) is 43.3 Å². The number of rotatable bonds is 4. The van der Waals surface area contributed by atoms with Crippen molar-refractivity contribution in [3.63, 3.8) is 0 Å². The molecule has 2 aromatic rings. The second-order valence-electron chi connectivity index (χ2n) is 4.56. The van der Waals surface area contributed by atoms with Gasteiger partial charge in [-0.15, -0.1) is 0 Å². The lowest BCUT2D eigenvalue weighted by atomic mass is 9.98. The summed E-state index contributed by atoms with van der Waals surface area (Å²) in [4.78, 5) is 24.2. The summed E-state index contributed by atoms with van der Waals surface area (Å²) in [6.07, 6.45) is 0.